The van der Waals surface area contributed by atoms with Crippen LogP contribution < -0.4 is 5.32 Å². The zero-order chi connectivity index (χ0) is 19.3. The summed E-state index contributed by atoms with van der Waals surface area (Å²) in [6, 6.07) is 11.2. The predicted octanol–water partition coefficient (Wildman–Crippen LogP) is 4.45. The predicted molar refractivity (Wildman–Crippen MR) is 104 cm³/mol. The summed E-state index contributed by atoms with van der Waals surface area (Å²) in [4.78, 5) is 29.2. The Morgan fingerprint density at radius 1 is 1.04 bits per heavy atom. The van der Waals surface area contributed by atoms with Gasteiger partial charge >= 0.3 is 6.03 Å². The quantitative estimate of drug-likeness (QED) is 0.616. The molecule has 0 radical (unpaired) electrons. The summed E-state index contributed by atoms with van der Waals surface area (Å²) in [5, 5.41) is 3.84. The minimum Gasteiger partial charge on any atom is -0.306 e. The number of rotatable bonds is 6. The number of hydrogen-bond acceptors (Lipinski definition) is 3. The zero-order valence-electron chi connectivity index (χ0n) is 16.1. The molecule has 0 aliphatic heterocycles. The average Bonchev–Trinajstić information content (AvgIpc) is 2.59. The van der Waals surface area contributed by atoms with Crippen molar-refractivity contribution in [3.8, 4) is 0 Å². The minimum atomic E-state index is -0.347. The number of ketones is 1. The number of hydrogen-bond donors (Lipinski definition) is 1. The molecule has 2 aromatic carbocycles. The lowest BCUT2D eigenvalue weighted by atomic mass is 9.93. The Labute approximate surface area is 154 Å². The van der Waals surface area contributed by atoms with Crippen LogP contribution >= 0.6 is 0 Å². The molecule has 0 saturated carbocycles. The number of Topliss-reactive ketones (excluding diaryl/α,β-unsaturated/α-hetero) is 1. The Morgan fingerprint density at radius 2 is 1.62 bits per heavy atom. The fourth-order valence-electron chi connectivity index (χ4n) is 3.04. The van der Waals surface area contributed by atoms with Crippen LogP contribution in [0.25, 0.3) is 0 Å². The van der Waals surface area contributed by atoms with Crippen LogP contribution in [-0.4, -0.2) is 31.0 Å². The molecule has 5 nitrogen and oxygen atoms in total. The molecular formula is C21H26N2O3. The number of urea groups is 1. The molecule has 0 aliphatic rings. The first-order valence-electron chi connectivity index (χ1n) is 8.60. The number of benzene rings is 2. The van der Waals surface area contributed by atoms with E-state index in [1.54, 1.807) is 0 Å². The van der Waals surface area contributed by atoms with Crippen molar-refractivity contribution in [2.45, 2.75) is 33.6 Å². The minimum absolute atomic E-state index is 0.166. The first kappa shape index (κ1) is 19.7. The van der Waals surface area contributed by atoms with Crippen molar-refractivity contribution in [1.29, 1.82) is 0 Å². The van der Waals surface area contributed by atoms with Gasteiger partial charge in [-0.3, -0.25) is 9.63 Å². The summed E-state index contributed by atoms with van der Waals surface area (Å²) in [7, 11) is 2.96. The van der Waals surface area contributed by atoms with Crippen molar-refractivity contribution in [2.75, 3.05) is 19.5 Å². The van der Waals surface area contributed by atoms with Crippen molar-refractivity contribution in [3.05, 3.63) is 64.2 Å². The van der Waals surface area contributed by atoms with E-state index in [-0.39, 0.29) is 11.8 Å². The van der Waals surface area contributed by atoms with E-state index in [0.29, 0.717) is 18.5 Å². The van der Waals surface area contributed by atoms with Crippen LogP contribution in [0.1, 0.15) is 39.0 Å². The largest absolute Gasteiger partial charge is 0.345 e. The van der Waals surface area contributed by atoms with Crippen LogP contribution in [0.4, 0.5) is 10.5 Å². The van der Waals surface area contributed by atoms with Crippen molar-refractivity contribution >= 4 is 17.5 Å². The van der Waals surface area contributed by atoms with Gasteiger partial charge in [0.1, 0.15) is 0 Å². The molecular weight excluding hydrogens is 328 g/mol. The van der Waals surface area contributed by atoms with E-state index >= 15 is 0 Å². The summed E-state index contributed by atoms with van der Waals surface area (Å²) in [5.74, 6) is 0.166. The van der Waals surface area contributed by atoms with E-state index in [4.69, 9.17) is 4.84 Å². The maximum Gasteiger partial charge on any atom is 0.345 e. The molecule has 2 aromatic rings. The third-order valence-electron chi connectivity index (χ3n) is 4.36. The molecule has 0 fully saturated rings. The number of carbonyl (C=O) groups excluding carboxylic acids is 2. The number of nitrogens with zero attached hydrogens (tertiary/aromatic N) is 1. The first-order valence-corrected chi connectivity index (χ1v) is 8.60. The lowest BCUT2D eigenvalue weighted by Crippen LogP contribution is -2.30. The Hall–Kier alpha value is -2.66. The second-order valence-corrected chi connectivity index (χ2v) is 6.50. The van der Waals surface area contributed by atoms with Gasteiger partial charge in [0.05, 0.1) is 7.11 Å². The van der Waals surface area contributed by atoms with Crippen molar-refractivity contribution in [2.24, 2.45) is 0 Å². The van der Waals surface area contributed by atoms with Gasteiger partial charge in [-0.25, -0.2) is 9.86 Å². The number of amides is 2. The molecule has 0 atom stereocenters. The Kier molecular flexibility index (Phi) is 6.52. The van der Waals surface area contributed by atoms with E-state index in [1.807, 2.05) is 45.0 Å². The topological polar surface area (TPSA) is 58.6 Å². The molecule has 138 valence electrons. The Morgan fingerprint density at radius 3 is 2.15 bits per heavy atom. The monoisotopic (exact) mass is 354 g/mol. The van der Waals surface area contributed by atoms with E-state index in [1.165, 1.54) is 19.7 Å². The fraction of sp³-hybridized carbons (Fsp3) is 0.333. The van der Waals surface area contributed by atoms with E-state index in [0.717, 1.165) is 27.3 Å². The van der Waals surface area contributed by atoms with Gasteiger partial charge in [0.25, 0.3) is 0 Å². The van der Waals surface area contributed by atoms with Crippen molar-refractivity contribution in [3.63, 3.8) is 0 Å². The van der Waals surface area contributed by atoms with Gasteiger partial charge < -0.3 is 5.32 Å². The molecule has 0 aromatic heterocycles. The summed E-state index contributed by atoms with van der Waals surface area (Å²) in [6.45, 7) is 6.02. The lowest BCUT2D eigenvalue weighted by Gasteiger charge is -2.14. The van der Waals surface area contributed by atoms with Gasteiger partial charge in [-0.2, -0.15) is 0 Å². The lowest BCUT2D eigenvalue weighted by molar-refractivity contribution is -0.0598. The van der Waals surface area contributed by atoms with Gasteiger partial charge in [0, 0.05) is 24.7 Å². The highest BCUT2D eigenvalue weighted by atomic mass is 16.7. The second kappa shape index (κ2) is 8.63. The van der Waals surface area contributed by atoms with Gasteiger partial charge in [0.2, 0.25) is 0 Å². The van der Waals surface area contributed by atoms with Crippen LogP contribution in [-0.2, 0) is 11.3 Å². The van der Waals surface area contributed by atoms with Gasteiger partial charge in [-0.05, 0) is 56.0 Å². The van der Waals surface area contributed by atoms with Gasteiger partial charge in [0.15, 0.2) is 5.78 Å². The third kappa shape index (κ3) is 4.92. The van der Waals surface area contributed by atoms with Crippen LogP contribution in [0.3, 0.4) is 0 Å². The third-order valence-corrected chi connectivity index (χ3v) is 4.36. The fourth-order valence-corrected chi connectivity index (χ4v) is 3.04. The summed E-state index contributed by atoms with van der Waals surface area (Å²) < 4.78 is 0. The van der Waals surface area contributed by atoms with E-state index in [9.17, 15) is 9.59 Å². The zero-order valence-corrected chi connectivity index (χ0v) is 16.1. The van der Waals surface area contributed by atoms with Gasteiger partial charge in [-0.15, -0.1) is 0 Å². The number of nitrogens with one attached hydrogen (secondary N) is 1. The number of carbonyl (C=O) groups is 2. The molecule has 1 N–H and O–H groups in total. The molecule has 0 unspecified atom stereocenters. The smallest absolute Gasteiger partial charge is 0.306 e. The van der Waals surface area contributed by atoms with E-state index < -0.39 is 0 Å². The van der Waals surface area contributed by atoms with Crippen LogP contribution in [0.15, 0.2) is 36.4 Å². The SMILES string of the molecule is CON(C)C(=O)Nc1ccc(CCC(=O)c2c(C)cc(C)cc2C)cc1. The summed E-state index contributed by atoms with van der Waals surface area (Å²) in [6.07, 6.45) is 1.13. The normalized spacial score (nSPS) is 10.5. The highest BCUT2D eigenvalue weighted by Gasteiger charge is 2.13. The summed E-state index contributed by atoms with van der Waals surface area (Å²) >= 11 is 0. The molecule has 5 heteroatoms. The van der Waals surface area contributed by atoms with Crippen LogP contribution in [0.2, 0.25) is 0 Å². The molecule has 0 bridgehead atoms. The standard InChI is InChI=1S/C21H26N2O3/c1-14-12-15(2)20(16(3)13-14)19(24)11-8-17-6-9-18(10-7-17)22-21(25)23(4)26-5/h6-7,9-10,12-13H,8,11H2,1-5H3,(H,22,25). The first-order chi connectivity index (χ1) is 12.3. The maximum atomic E-state index is 12.6. The van der Waals surface area contributed by atoms with Crippen molar-refractivity contribution in [1.82, 2.24) is 5.06 Å². The molecule has 0 heterocycles. The number of anilines is 1. The maximum absolute atomic E-state index is 12.6. The molecule has 0 saturated heterocycles. The number of aryl methyl sites for hydroxylation is 4. The average molecular weight is 354 g/mol. The molecule has 2 amide bonds. The Bertz CT molecular complexity index is 774. The molecule has 2 rings (SSSR count). The van der Waals surface area contributed by atoms with Gasteiger partial charge in [-0.1, -0.05) is 29.8 Å². The van der Waals surface area contributed by atoms with E-state index in [2.05, 4.69) is 17.4 Å². The van der Waals surface area contributed by atoms with Crippen LogP contribution in [0, 0.1) is 20.8 Å². The summed E-state index contributed by atoms with van der Waals surface area (Å²) in [5.41, 5.74) is 5.81. The van der Waals surface area contributed by atoms with Crippen LogP contribution in [0.5, 0.6) is 0 Å². The molecule has 26 heavy (non-hydrogen) atoms. The Balaban J connectivity index is 1.98. The highest BCUT2D eigenvalue weighted by Crippen LogP contribution is 2.19. The molecule has 0 aliphatic carbocycles. The highest BCUT2D eigenvalue weighted by molar-refractivity contribution is 5.99. The second-order valence-electron chi connectivity index (χ2n) is 6.50. The number of hydroxylamine groups is 2. The molecule has 0 spiro atoms. The van der Waals surface area contributed by atoms with Crippen molar-refractivity contribution < 1.29 is 14.4 Å².